The summed E-state index contributed by atoms with van der Waals surface area (Å²) >= 11 is 0. The molecule has 0 aliphatic carbocycles. The first-order chi connectivity index (χ1) is 9.74. The second-order valence-corrected chi connectivity index (χ2v) is 5.62. The van der Waals surface area contributed by atoms with E-state index >= 15 is 0 Å². The van der Waals surface area contributed by atoms with E-state index in [1.54, 1.807) is 0 Å². The number of aromatic nitrogens is 2. The van der Waals surface area contributed by atoms with Gasteiger partial charge in [-0.3, -0.25) is 0 Å². The molecule has 110 valence electrons. The number of hydrogen-bond acceptors (Lipinski definition) is 6. The molecular formula is C14H23N5O. The number of nitrogens with one attached hydrogen (secondary N) is 1. The normalized spacial score (nSPS) is 28.6. The average Bonchev–Trinajstić information content (AvgIpc) is 2.46. The maximum atomic E-state index is 5.86. The molecule has 2 bridgehead atoms. The average molecular weight is 277 g/mol. The van der Waals surface area contributed by atoms with E-state index in [2.05, 4.69) is 20.2 Å². The van der Waals surface area contributed by atoms with Crippen molar-refractivity contribution in [2.75, 3.05) is 37.3 Å². The van der Waals surface area contributed by atoms with Gasteiger partial charge in [0.15, 0.2) is 5.82 Å². The fourth-order valence-corrected chi connectivity index (χ4v) is 3.17. The minimum Gasteiger partial charge on any atom is -0.384 e. The number of anilines is 2. The van der Waals surface area contributed by atoms with E-state index in [0.717, 1.165) is 18.3 Å². The Hall–Kier alpha value is -1.40. The van der Waals surface area contributed by atoms with Gasteiger partial charge in [0.25, 0.3) is 0 Å². The highest BCUT2D eigenvalue weighted by atomic mass is 16.5. The van der Waals surface area contributed by atoms with Crippen LogP contribution in [0.3, 0.4) is 0 Å². The second kappa shape index (κ2) is 5.93. The van der Waals surface area contributed by atoms with Crippen molar-refractivity contribution >= 4 is 11.6 Å². The van der Waals surface area contributed by atoms with E-state index in [4.69, 9.17) is 10.5 Å². The lowest BCUT2D eigenvalue weighted by Crippen LogP contribution is -2.53. The Morgan fingerprint density at radius 1 is 1.40 bits per heavy atom. The third kappa shape index (κ3) is 3.02. The Morgan fingerprint density at radius 2 is 2.20 bits per heavy atom. The molecule has 0 saturated carbocycles. The maximum Gasteiger partial charge on any atom is 0.158 e. The van der Waals surface area contributed by atoms with E-state index < -0.39 is 0 Å². The van der Waals surface area contributed by atoms with Crippen LogP contribution in [0.15, 0.2) is 6.07 Å². The molecule has 3 saturated heterocycles. The van der Waals surface area contributed by atoms with Gasteiger partial charge in [-0.25, -0.2) is 9.97 Å². The van der Waals surface area contributed by atoms with Crippen molar-refractivity contribution in [2.45, 2.75) is 32.4 Å². The van der Waals surface area contributed by atoms with Gasteiger partial charge in [-0.1, -0.05) is 0 Å². The van der Waals surface area contributed by atoms with Crippen LogP contribution in [0.5, 0.6) is 0 Å². The molecule has 1 aromatic rings. The molecule has 0 amide bonds. The van der Waals surface area contributed by atoms with Crippen LogP contribution in [-0.4, -0.2) is 47.2 Å². The highest BCUT2D eigenvalue weighted by molar-refractivity contribution is 5.45. The molecule has 4 heterocycles. The number of nitrogens with zero attached hydrogens (tertiary/aromatic N) is 3. The zero-order valence-corrected chi connectivity index (χ0v) is 12.0. The number of rotatable bonds is 5. The number of hydrogen-bond donors (Lipinski definition) is 2. The first-order valence-electron chi connectivity index (χ1n) is 7.44. The minimum atomic E-state index is 0.413. The van der Waals surface area contributed by atoms with Gasteiger partial charge in [0, 0.05) is 25.3 Å². The summed E-state index contributed by atoms with van der Waals surface area (Å²) in [5.74, 6) is 2.73. The largest absolute Gasteiger partial charge is 0.384 e. The van der Waals surface area contributed by atoms with Gasteiger partial charge in [-0.15, -0.1) is 0 Å². The third-order valence-electron chi connectivity index (χ3n) is 4.22. The van der Waals surface area contributed by atoms with E-state index in [9.17, 15) is 0 Å². The number of fused-ring (bicyclic) bond motifs is 3. The van der Waals surface area contributed by atoms with Crippen LogP contribution >= 0.6 is 0 Å². The van der Waals surface area contributed by atoms with Crippen molar-refractivity contribution < 1.29 is 4.74 Å². The van der Waals surface area contributed by atoms with Crippen molar-refractivity contribution in [1.82, 2.24) is 14.9 Å². The summed E-state index contributed by atoms with van der Waals surface area (Å²) in [5, 5.41) is 3.54. The lowest BCUT2D eigenvalue weighted by Gasteiger charge is -2.45. The quantitative estimate of drug-likeness (QED) is 0.839. The molecule has 3 N–H and O–H groups in total. The third-order valence-corrected chi connectivity index (χ3v) is 4.22. The van der Waals surface area contributed by atoms with Crippen LogP contribution in [0, 0.1) is 5.92 Å². The number of nitrogen functional groups attached to an aromatic ring is 1. The number of ether oxygens (including phenoxy) is 1. The molecule has 0 spiro atoms. The van der Waals surface area contributed by atoms with E-state index in [0.29, 0.717) is 30.9 Å². The number of nitrogens with two attached hydrogens (primary N) is 1. The second-order valence-electron chi connectivity index (χ2n) is 5.62. The molecule has 3 aliphatic rings. The minimum absolute atomic E-state index is 0.413. The van der Waals surface area contributed by atoms with Gasteiger partial charge >= 0.3 is 0 Å². The molecule has 6 nitrogen and oxygen atoms in total. The predicted octanol–water partition coefficient (Wildman–Crippen LogP) is 1.10. The summed E-state index contributed by atoms with van der Waals surface area (Å²) in [6, 6.07) is 2.29. The van der Waals surface area contributed by atoms with E-state index in [1.807, 2.05) is 13.0 Å². The molecule has 3 fully saturated rings. The molecule has 6 heteroatoms. The Labute approximate surface area is 119 Å². The van der Waals surface area contributed by atoms with Gasteiger partial charge in [0.1, 0.15) is 18.2 Å². The number of piperidine rings is 3. The van der Waals surface area contributed by atoms with Crippen molar-refractivity contribution in [3.8, 4) is 0 Å². The van der Waals surface area contributed by atoms with Crippen LogP contribution in [0.1, 0.15) is 25.6 Å². The highest BCUT2D eigenvalue weighted by Crippen LogP contribution is 2.29. The van der Waals surface area contributed by atoms with Crippen molar-refractivity contribution in [2.24, 2.45) is 5.92 Å². The maximum absolute atomic E-state index is 5.86. The van der Waals surface area contributed by atoms with Crippen molar-refractivity contribution in [1.29, 1.82) is 0 Å². The summed E-state index contributed by atoms with van der Waals surface area (Å²) in [7, 11) is 0. The van der Waals surface area contributed by atoms with Crippen LogP contribution in [-0.2, 0) is 11.3 Å². The first kappa shape index (κ1) is 13.6. The fourth-order valence-electron chi connectivity index (χ4n) is 3.17. The summed E-state index contributed by atoms with van der Waals surface area (Å²) < 4.78 is 5.35. The zero-order valence-electron chi connectivity index (χ0n) is 12.0. The summed E-state index contributed by atoms with van der Waals surface area (Å²) in [5.41, 5.74) is 5.86. The zero-order chi connectivity index (χ0) is 13.9. The Bertz CT molecular complexity index is 459. The fraction of sp³-hybridized carbons (Fsp3) is 0.714. The van der Waals surface area contributed by atoms with E-state index in [-0.39, 0.29) is 0 Å². The van der Waals surface area contributed by atoms with Gasteiger partial charge in [-0.05, 0) is 38.8 Å². The lowest BCUT2D eigenvalue weighted by atomic mass is 9.84. The topological polar surface area (TPSA) is 76.3 Å². The van der Waals surface area contributed by atoms with Crippen molar-refractivity contribution in [3.05, 3.63) is 11.9 Å². The SMILES string of the molecule is CCOCc1nc(N)cc(NC2CN3CCC2CC3)n1. The van der Waals surface area contributed by atoms with Crippen LogP contribution in [0.4, 0.5) is 11.6 Å². The lowest BCUT2D eigenvalue weighted by molar-refractivity contribution is 0.0973. The van der Waals surface area contributed by atoms with Crippen molar-refractivity contribution in [3.63, 3.8) is 0 Å². The standard InChI is InChI=1S/C14H23N5O/c1-2-20-9-14-17-12(15)7-13(18-14)16-11-8-19-5-3-10(11)4-6-19/h7,10-11H,2-6,8-9H2,1H3,(H3,15,16,17,18). The van der Waals surface area contributed by atoms with Crippen LogP contribution < -0.4 is 11.1 Å². The molecule has 1 aromatic heterocycles. The Morgan fingerprint density at radius 3 is 2.85 bits per heavy atom. The Kier molecular flexibility index (Phi) is 4.03. The van der Waals surface area contributed by atoms with E-state index in [1.165, 1.54) is 25.9 Å². The van der Waals surface area contributed by atoms with Gasteiger partial charge in [-0.2, -0.15) is 0 Å². The molecule has 1 atom stereocenters. The summed E-state index contributed by atoms with van der Waals surface area (Å²) in [4.78, 5) is 11.2. The Balaban J connectivity index is 1.68. The summed E-state index contributed by atoms with van der Waals surface area (Å²) in [6.07, 6.45) is 2.56. The predicted molar refractivity (Wildman–Crippen MR) is 78.3 cm³/mol. The van der Waals surface area contributed by atoms with Gasteiger partial charge in [0.05, 0.1) is 0 Å². The van der Waals surface area contributed by atoms with Crippen LogP contribution in [0.25, 0.3) is 0 Å². The molecule has 0 radical (unpaired) electrons. The van der Waals surface area contributed by atoms with Gasteiger partial charge in [0.2, 0.25) is 0 Å². The molecular weight excluding hydrogens is 254 g/mol. The van der Waals surface area contributed by atoms with Gasteiger partial charge < -0.3 is 20.7 Å². The summed E-state index contributed by atoms with van der Waals surface area (Å²) in [6.45, 7) is 6.61. The first-order valence-corrected chi connectivity index (χ1v) is 7.44. The smallest absolute Gasteiger partial charge is 0.158 e. The molecule has 1 unspecified atom stereocenters. The monoisotopic (exact) mass is 277 g/mol. The molecule has 0 aromatic carbocycles. The van der Waals surface area contributed by atoms with Crippen LogP contribution in [0.2, 0.25) is 0 Å². The molecule has 20 heavy (non-hydrogen) atoms. The molecule has 4 rings (SSSR count). The highest BCUT2D eigenvalue weighted by Gasteiger charge is 2.34. The molecule has 3 aliphatic heterocycles.